The maximum absolute atomic E-state index is 12.9. The van der Waals surface area contributed by atoms with Gasteiger partial charge in [-0.2, -0.15) is 0 Å². The van der Waals surface area contributed by atoms with Gasteiger partial charge in [-0.25, -0.2) is 0 Å². The summed E-state index contributed by atoms with van der Waals surface area (Å²) >= 11 is 0. The van der Waals surface area contributed by atoms with Crippen LogP contribution in [0.1, 0.15) is 290 Å². The van der Waals surface area contributed by atoms with Gasteiger partial charge in [0.25, 0.3) is 0 Å². The third-order valence-electron chi connectivity index (χ3n) is 13.6. The second kappa shape index (κ2) is 66.1. The maximum atomic E-state index is 12.9. The van der Waals surface area contributed by atoms with Gasteiger partial charge in [0, 0.05) is 19.3 Å². The Morgan fingerprint density at radius 3 is 0.835 bits per heavy atom. The summed E-state index contributed by atoms with van der Waals surface area (Å²) in [6.07, 6.45) is 93.2. The van der Waals surface area contributed by atoms with Gasteiger partial charge in [-0.1, -0.05) is 276 Å². The minimum atomic E-state index is -0.816. The Kier molecular flexibility index (Phi) is 62.3. The average molecular weight is 1090 g/mol. The van der Waals surface area contributed by atoms with E-state index in [0.717, 1.165) is 128 Å². The predicted molar refractivity (Wildman–Crippen MR) is 343 cm³/mol. The molecule has 0 bridgehead atoms. The van der Waals surface area contributed by atoms with Crippen LogP contribution in [-0.4, -0.2) is 37.2 Å². The highest BCUT2D eigenvalue weighted by atomic mass is 16.6. The molecule has 6 nitrogen and oxygen atoms in total. The molecule has 0 N–H and O–H groups in total. The summed E-state index contributed by atoms with van der Waals surface area (Å²) in [7, 11) is 0. The molecule has 0 rings (SSSR count). The smallest absolute Gasteiger partial charge is 0.306 e. The fourth-order valence-corrected chi connectivity index (χ4v) is 8.79. The van der Waals surface area contributed by atoms with Crippen molar-refractivity contribution in [2.24, 2.45) is 0 Å². The zero-order chi connectivity index (χ0) is 57.1. The quantitative estimate of drug-likeness (QED) is 0.0261. The van der Waals surface area contributed by atoms with E-state index in [1.807, 2.05) is 0 Å². The van der Waals surface area contributed by atoms with Crippen molar-refractivity contribution in [2.75, 3.05) is 13.2 Å². The molecule has 0 fully saturated rings. The summed E-state index contributed by atoms with van der Waals surface area (Å²) in [6.45, 7) is 6.37. The van der Waals surface area contributed by atoms with E-state index in [1.54, 1.807) is 0 Å². The van der Waals surface area contributed by atoms with Crippen molar-refractivity contribution in [2.45, 2.75) is 297 Å². The van der Waals surface area contributed by atoms with E-state index in [2.05, 4.69) is 154 Å². The molecule has 0 aliphatic heterocycles. The van der Waals surface area contributed by atoms with E-state index in [1.165, 1.54) is 116 Å². The first-order valence-electron chi connectivity index (χ1n) is 32.7. The molecule has 0 amide bonds. The topological polar surface area (TPSA) is 78.9 Å². The normalized spacial score (nSPS) is 13.0. The van der Waals surface area contributed by atoms with Crippen molar-refractivity contribution in [1.29, 1.82) is 0 Å². The lowest BCUT2D eigenvalue weighted by molar-refractivity contribution is -0.167. The van der Waals surface area contributed by atoms with Gasteiger partial charge < -0.3 is 14.2 Å². The average Bonchev–Trinajstić information content (AvgIpc) is 3.45. The number of hydrogen-bond acceptors (Lipinski definition) is 6. The summed E-state index contributed by atoms with van der Waals surface area (Å²) in [4.78, 5) is 38.3. The minimum Gasteiger partial charge on any atom is -0.462 e. The Morgan fingerprint density at radius 1 is 0.266 bits per heavy atom. The molecule has 1 unspecified atom stereocenters. The fourth-order valence-electron chi connectivity index (χ4n) is 8.79. The van der Waals surface area contributed by atoms with Crippen LogP contribution in [0.15, 0.2) is 134 Å². The summed E-state index contributed by atoms with van der Waals surface area (Å²) in [5.41, 5.74) is 0. The van der Waals surface area contributed by atoms with Crippen LogP contribution in [0.3, 0.4) is 0 Å². The van der Waals surface area contributed by atoms with Gasteiger partial charge in [-0.15, -0.1) is 0 Å². The maximum Gasteiger partial charge on any atom is 0.306 e. The minimum absolute atomic E-state index is 0.109. The second-order valence-corrected chi connectivity index (χ2v) is 21.3. The van der Waals surface area contributed by atoms with Crippen molar-refractivity contribution >= 4 is 17.9 Å². The third-order valence-corrected chi connectivity index (χ3v) is 13.6. The summed E-state index contributed by atoms with van der Waals surface area (Å²) in [5, 5.41) is 0. The Morgan fingerprint density at radius 2 is 0.506 bits per heavy atom. The molecule has 79 heavy (non-hydrogen) atoms. The van der Waals surface area contributed by atoms with Gasteiger partial charge in [0.05, 0.1) is 0 Å². The SMILES string of the molecule is CC/C=C\C/C=C\C/C=C\C/C=C\C/C=C\C/C=C\C/C=C\CCCC(=O)OCC(COC(=O)CCCCCCC/C=C\C/C=C\C/C=C\CC)OC(=O)CCCCCCCCCCCCC/C=C\CCCCCCCCCC. The first kappa shape index (κ1) is 74.5. The van der Waals surface area contributed by atoms with Crippen molar-refractivity contribution in [1.82, 2.24) is 0 Å². The lowest BCUT2D eigenvalue weighted by Gasteiger charge is -2.18. The fraction of sp³-hybridized carbons (Fsp3) is 0.658. The number of hydrogen-bond donors (Lipinski definition) is 0. The molecule has 0 radical (unpaired) electrons. The van der Waals surface area contributed by atoms with E-state index in [-0.39, 0.29) is 37.5 Å². The van der Waals surface area contributed by atoms with Gasteiger partial charge in [0.15, 0.2) is 6.10 Å². The van der Waals surface area contributed by atoms with Gasteiger partial charge in [-0.05, 0) is 128 Å². The van der Waals surface area contributed by atoms with E-state index >= 15 is 0 Å². The molecule has 448 valence electrons. The number of carbonyl (C=O) groups excluding carboxylic acids is 3. The molecule has 0 aliphatic carbocycles. The van der Waals surface area contributed by atoms with Crippen LogP contribution in [0.4, 0.5) is 0 Å². The second-order valence-electron chi connectivity index (χ2n) is 21.3. The predicted octanol–water partition coefficient (Wildman–Crippen LogP) is 22.5. The van der Waals surface area contributed by atoms with Crippen molar-refractivity contribution in [3.8, 4) is 0 Å². The molecule has 0 saturated heterocycles. The highest BCUT2D eigenvalue weighted by molar-refractivity contribution is 5.71. The van der Waals surface area contributed by atoms with Crippen molar-refractivity contribution in [3.05, 3.63) is 134 Å². The third kappa shape index (κ3) is 64.3. The van der Waals surface area contributed by atoms with Gasteiger partial charge >= 0.3 is 17.9 Å². The highest BCUT2D eigenvalue weighted by Crippen LogP contribution is 2.15. The number of ether oxygens (including phenoxy) is 3. The zero-order valence-electron chi connectivity index (χ0n) is 51.3. The van der Waals surface area contributed by atoms with Crippen LogP contribution < -0.4 is 0 Å². The monoisotopic (exact) mass is 1090 g/mol. The van der Waals surface area contributed by atoms with Crippen LogP contribution in [0.5, 0.6) is 0 Å². The number of esters is 3. The van der Waals surface area contributed by atoms with E-state index in [9.17, 15) is 14.4 Å². The summed E-state index contributed by atoms with van der Waals surface area (Å²) in [5.74, 6) is -0.983. The Balaban J connectivity index is 4.47. The molecule has 0 aromatic heterocycles. The first-order valence-corrected chi connectivity index (χ1v) is 32.7. The Labute approximate surface area is 487 Å². The molecule has 0 aliphatic rings. The highest BCUT2D eigenvalue weighted by Gasteiger charge is 2.19. The van der Waals surface area contributed by atoms with E-state index in [4.69, 9.17) is 14.2 Å². The molecule has 0 spiro atoms. The molecule has 0 heterocycles. The zero-order valence-corrected chi connectivity index (χ0v) is 51.3. The van der Waals surface area contributed by atoms with Crippen LogP contribution in [0.25, 0.3) is 0 Å². The number of carbonyl (C=O) groups is 3. The molecular formula is C73H120O6. The molecular weight excluding hydrogens is 973 g/mol. The molecule has 0 saturated carbocycles. The Bertz CT molecular complexity index is 1680. The first-order chi connectivity index (χ1) is 39.0. The number of unbranched alkanes of at least 4 members (excludes halogenated alkanes) is 25. The lowest BCUT2D eigenvalue weighted by Crippen LogP contribution is -2.30. The van der Waals surface area contributed by atoms with Crippen molar-refractivity contribution < 1.29 is 28.6 Å². The van der Waals surface area contributed by atoms with Crippen LogP contribution in [0.2, 0.25) is 0 Å². The van der Waals surface area contributed by atoms with Gasteiger partial charge in [0.1, 0.15) is 13.2 Å². The van der Waals surface area contributed by atoms with Gasteiger partial charge in [-0.3, -0.25) is 14.4 Å². The molecule has 1 atom stereocenters. The summed E-state index contributed by atoms with van der Waals surface area (Å²) < 4.78 is 16.9. The lowest BCUT2D eigenvalue weighted by atomic mass is 10.0. The van der Waals surface area contributed by atoms with Crippen molar-refractivity contribution in [3.63, 3.8) is 0 Å². The molecule has 6 heteroatoms. The summed E-state index contributed by atoms with van der Waals surface area (Å²) in [6, 6.07) is 0. The largest absolute Gasteiger partial charge is 0.462 e. The molecule has 0 aromatic carbocycles. The Hall–Kier alpha value is -4.45. The van der Waals surface area contributed by atoms with Crippen LogP contribution >= 0.6 is 0 Å². The van der Waals surface area contributed by atoms with Crippen LogP contribution in [0, 0.1) is 0 Å². The van der Waals surface area contributed by atoms with E-state index < -0.39 is 6.10 Å². The standard InChI is InChI=1S/C73H120O6/c1-4-7-10-13-16-19-22-25-28-30-32-34-36-38-40-42-45-48-51-54-57-60-63-66-72(75)78-69-70(68-77-71(74)65-62-59-56-53-50-47-44-27-24-21-18-15-12-9-6-3)79-73(76)67-64-61-58-55-52-49-46-43-41-39-37-35-33-31-29-26-23-20-17-14-11-8-5-2/h7,9-10,12,16,18-19,21,25,27-28,31-34,38,40,44-45,48,54,57,70H,4-6,8,11,13-15,17,20,22-24,26,29-30,35-37,39,41-43,46-47,49-53,55-56,58-69H2,1-3H3/b10-7-,12-9-,19-16-,21-18-,28-25-,33-31-,34-32-,40-38-,44-27-,48-45-,57-54-. The number of allylic oxidation sites excluding steroid dienone is 22. The molecule has 0 aromatic rings. The van der Waals surface area contributed by atoms with Crippen LogP contribution in [-0.2, 0) is 28.6 Å². The van der Waals surface area contributed by atoms with E-state index in [0.29, 0.717) is 19.3 Å². The number of rotatable bonds is 58. The van der Waals surface area contributed by atoms with Gasteiger partial charge in [0.2, 0.25) is 0 Å².